The molecule has 3 rings (SSSR count). The zero-order valence-electron chi connectivity index (χ0n) is 13.1. The van der Waals surface area contributed by atoms with Gasteiger partial charge in [0.25, 0.3) is 5.91 Å². The van der Waals surface area contributed by atoms with Crippen LogP contribution in [0.5, 0.6) is 0 Å². The minimum atomic E-state index is -0.382. The molecule has 1 heterocycles. The Hall–Kier alpha value is -2.47. The van der Waals surface area contributed by atoms with Crippen molar-refractivity contribution in [3.05, 3.63) is 64.1 Å². The molecule has 124 valence electrons. The molecule has 1 aliphatic carbocycles. The van der Waals surface area contributed by atoms with Crippen LogP contribution in [0.1, 0.15) is 33.9 Å². The number of allylic oxidation sites excluding steroid dienone is 1. The van der Waals surface area contributed by atoms with Crippen LogP contribution in [-0.4, -0.2) is 22.8 Å². The van der Waals surface area contributed by atoms with Gasteiger partial charge in [-0.05, 0) is 18.4 Å². The molecule has 0 saturated carbocycles. The lowest BCUT2D eigenvalue weighted by atomic mass is 9.88. The first-order valence-corrected chi connectivity index (χ1v) is 8.75. The number of nitrogens with zero attached hydrogens (tertiary/aromatic N) is 1. The summed E-state index contributed by atoms with van der Waals surface area (Å²) in [6.07, 6.45) is 5.77. The Morgan fingerprint density at radius 3 is 2.71 bits per heavy atom. The van der Waals surface area contributed by atoms with E-state index in [9.17, 15) is 9.59 Å². The highest BCUT2D eigenvalue weighted by Crippen LogP contribution is 2.20. The third-order valence-corrected chi connectivity index (χ3v) is 4.95. The second kappa shape index (κ2) is 7.40. The van der Waals surface area contributed by atoms with E-state index in [1.807, 2.05) is 42.5 Å². The molecule has 2 atom stereocenters. The molecule has 1 aliphatic rings. The highest BCUT2D eigenvalue weighted by Gasteiger charge is 2.29. The third kappa shape index (κ3) is 3.89. The largest absolute Gasteiger partial charge is 0.369 e. The van der Waals surface area contributed by atoms with Gasteiger partial charge in [-0.3, -0.25) is 9.59 Å². The molecular formula is C18H19N3O2S. The van der Waals surface area contributed by atoms with Crippen molar-refractivity contribution in [1.82, 2.24) is 10.3 Å². The summed E-state index contributed by atoms with van der Waals surface area (Å²) in [4.78, 5) is 28.3. The maximum atomic E-state index is 12.4. The number of amides is 2. The van der Waals surface area contributed by atoms with Crippen LogP contribution in [0.25, 0.3) is 0 Å². The summed E-state index contributed by atoms with van der Waals surface area (Å²) in [5.74, 6) is -0.994. The first kappa shape index (κ1) is 16.4. The predicted molar refractivity (Wildman–Crippen MR) is 93.7 cm³/mol. The molecule has 5 nitrogen and oxygen atoms in total. The number of thiazole rings is 1. The average molecular weight is 341 g/mol. The summed E-state index contributed by atoms with van der Waals surface area (Å²) in [6, 6.07) is 9.74. The molecule has 0 spiro atoms. The zero-order valence-corrected chi connectivity index (χ0v) is 14.0. The maximum absolute atomic E-state index is 12.4. The summed E-state index contributed by atoms with van der Waals surface area (Å²) in [7, 11) is 0. The van der Waals surface area contributed by atoms with E-state index in [4.69, 9.17) is 5.73 Å². The maximum Gasteiger partial charge on any atom is 0.271 e. The van der Waals surface area contributed by atoms with Crippen LogP contribution >= 0.6 is 11.3 Å². The summed E-state index contributed by atoms with van der Waals surface area (Å²) in [6.45, 7) is 0. The summed E-state index contributed by atoms with van der Waals surface area (Å²) in [5, 5.41) is 5.54. The van der Waals surface area contributed by atoms with Crippen LogP contribution in [0.3, 0.4) is 0 Å². The van der Waals surface area contributed by atoms with Crippen LogP contribution in [0.2, 0.25) is 0 Å². The van der Waals surface area contributed by atoms with E-state index < -0.39 is 0 Å². The molecule has 3 N–H and O–H groups in total. The van der Waals surface area contributed by atoms with Gasteiger partial charge in [0.2, 0.25) is 5.91 Å². The highest BCUT2D eigenvalue weighted by molar-refractivity contribution is 7.09. The first-order chi connectivity index (χ1) is 11.6. The second-order valence-corrected chi connectivity index (χ2v) is 6.76. The Morgan fingerprint density at radius 1 is 1.21 bits per heavy atom. The van der Waals surface area contributed by atoms with E-state index >= 15 is 0 Å². The number of carbonyl (C=O) groups is 2. The lowest BCUT2D eigenvalue weighted by Gasteiger charge is -2.26. The van der Waals surface area contributed by atoms with Crippen LogP contribution < -0.4 is 11.1 Å². The molecular weight excluding hydrogens is 322 g/mol. The molecule has 1 aromatic carbocycles. The molecule has 0 radical (unpaired) electrons. The van der Waals surface area contributed by atoms with Gasteiger partial charge >= 0.3 is 0 Å². The molecule has 2 amide bonds. The number of hydrogen-bond acceptors (Lipinski definition) is 4. The molecule has 2 aromatic rings. The molecule has 24 heavy (non-hydrogen) atoms. The Balaban J connectivity index is 1.65. The fourth-order valence-corrected chi connectivity index (χ4v) is 3.61. The van der Waals surface area contributed by atoms with E-state index in [1.165, 1.54) is 11.3 Å². The van der Waals surface area contributed by atoms with Crippen molar-refractivity contribution in [2.75, 3.05) is 0 Å². The minimum absolute atomic E-state index is 0.253. The Kier molecular flexibility index (Phi) is 5.05. The topological polar surface area (TPSA) is 85.1 Å². The van der Waals surface area contributed by atoms with Gasteiger partial charge in [0.1, 0.15) is 5.69 Å². The van der Waals surface area contributed by atoms with Crippen LogP contribution in [-0.2, 0) is 11.2 Å². The Labute approximate surface area is 144 Å². The smallest absolute Gasteiger partial charge is 0.271 e. The van der Waals surface area contributed by atoms with Gasteiger partial charge < -0.3 is 11.1 Å². The number of nitrogens with one attached hydrogen (secondary N) is 1. The number of aromatic nitrogens is 1. The van der Waals surface area contributed by atoms with E-state index in [0.717, 1.165) is 10.6 Å². The Morgan fingerprint density at radius 2 is 1.96 bits per heavy atom. The van der Waals surface area contributed by atoms with Crippen molar-refractivity contribution in [3.8, 4) is 0 Å². The highest BCUT2D eigenvalue weighted by atomic mass is 32.1. The molecule has 6 heteroatoms. The van der Waals surface area contributed by atoms with Crippen LogP contribution in [0.15, 0.2) is 47.9 Å². The molecule has 0 fully saturated rings. The van der Waals surface area contributed by atoms with Gasteiger partial charge in [0.15, 0.2) is 0 Å². The fourth-order valence-electron chi connectivity index (χ4n) is 2.80. The van der Waals surface area contributed by atoms with Crippen molar-refractivity contribution >= 4 is 23.2 Å². The molecule has 0 bridgehead atoms. The van der Waals surface area contributed by atoms with Crippen molar-refractivity contribution < 1.29 is 9.59 Å². The van der Waals surface area contributed by atoms with Crippen molar-refractivity contribution in [3.63, 3.8) is 0 Å². The van der Waals surface area contributed by atoms with Crippen LogP contribution in [0, 0.1) is 5.92 Å². The number of hydrogen-bond donors (Lipinski definition) is 2. The van der Waals surface area contributed by atoms with Crippen molar-refractivity contribution in [2.45, 2.75) is 25.3 Å². The van der Waals surface area contributed by atoms with Gasteiger partial charge in [-0.15, -0.1) is 11.3 Å². The van der Waals surface area contributed by atoms with Crippen LogP contribution in [0.4, 0.5) is 0 Å². The fraction of sp³-hybridized carbons (Fsp3) is 0.278. The molecule has 1 aromatic heterocycles. The van der Waals surface area contributed by atoms with Gasteiger partial charge in [0, 0.05) is 17.8 Å². The molecule has 0 saturated heterocycles. The number of benzene rings is 1. The van der Waals surface area contributed by atoms with E-state index in [1.54, 1.807) is 5.38 Å². The minimum Gasteiger partial charge on any atom is -0.369 e. The molecule has 0 unspecified atom stereocenters. The number of primary amides is 1. The summed E-state index contributed by atoms with van der Waals surface area (Å²) < 4.78 is 0. The summed E-state index contributed by atoms with van der Waals surface area (Å²) in [5.41, 5.74) is 6.97. The lowest BCUT2D eigenvalue weighted by molar-refractivity contribution is -0.122. The monoisotopic (exact) mass is 341 g/mol. The van der Waals surface area contributed by atoms with Crippen molar-refractivity contribution in [1.29, 1.82) is 0 Å². The molecule has 0 aliphatic heterocycles. The standard InChI is InChI=1S/C18H19N3O2S/c19-17(22)13-8-4-5-9-14(13)21-18(23)15-11-24-16(20-15)10-12-6-2-1-3-7-12/h1-7,11,13-14H,8-10H2,(H2,19,22)(H,21,23)/t13-,14-/m1/s1. The van der Waals surface area contributed by atoms with Crippen molar-refractivity contribution in [2.24, 2.45) is 11.7 Å². The first-order valence-electron chi connectivity index (χ1n) is 7.87. The van der Waals surface area contributed by atoms with E-state index in [-0.39, 0.29) is 23.8 Å². The lowest BCUT2D eigenvalue weighted by Crippen LogP contribution is -2.46. The summed E-state index contributed by atoms with van der Waals surface area (Å²) >= 11 is 1.46. The number of rotatable bonds is 5. The normalized spacial score (nSPS) is 19.8. The van der Waals surface area contributed by atoms with E-state index in [2.05, 4.69) is 10.3 Å². The van der Waals surface area contributed by atoms with Gasteiger partial charge in [-0.2, -0.15) is 0 Å². The van der Waals surface area contributed by atoms with E-state index in [0.29, 0.717) is 25.0 Å². The average Bonchev–Trinajstić information content (AvgIpc) is 3.05. The van der Waals surface area contributed by atoms with Gasteiger partial charge in [0.05, 0.1) is 10.9 Å². The van der Waals surface area contributed by atoms with Gasteiger partial charge in [-0.1, -0.05) is 42.5 Å². The number of carbonyl (C=O) groups excluding carboxylic acids is 2. The van der Waals surface area contributed by atoms with Gasteiger partial charge in [-0.25, -0.2) is 4.98 Å². The second-order valence-electron chi connectivity index (χ2n) is 5.82. The third-order valence-electron chi connectivity index (χ3n) is 4.10. The SMILES string of the molecule is NC(=O)[C@@H]1CC=CC[C@H]1NC(=O)c1csc(Cc2ccccc2)n1. The Bertz CT molecular complexity index is 755. The quantitative estimate of drug-likeness (QED) is 0.818. The zero-order chi connectivity index (χ0) is 16.9. The number of nitrogens with two attached hydrogens (primary N) is 1. The predicted octanol–water partition coefficient (Wildman–Crippen LogP) is 2.28.